The normalized spacial score (nSPS) is 26.8. The van der Waals surface area contributed by atoms with Gasteiger partial charge < -0.3 is 14.6 Å². The standard InChI is InChI=1S/C18H26N4O4S2/c1-20(2)14-5-8-21(9-6-14)17(23)15-12-18(26-19-15)7-10-22(13-18)28(24,25)16-4-3-11-27-16/h3-4,11,14H,5-10,12-13H2,1-2H3/t18-/m1/s1. The van der Waals surface area contributed by atoms with Crippen molar-refractivity contribution in [3.8, 4) is 0 Å². The average molecular weight is 427 g/mol. The summed E-state index contributed by atoms with van der Waals surface area (Å²) in [5, 5.41) is 5.83. The zero-order valence-electron chi connectivity index (χ0n) is 16.2. The minimum atomic E-state index is -3.51. The molecule has 0 aromatic carbocycles. The number of amides is 1. The maximum atomic E-state index is 12.9. The molecular formula is C18H26N4O4S2. The number of nitrogens with zero attached hydrogens (tertiary/aromatic N) is 4. The molecular weight excluding hydrogens is 400 g/mol. The second kappa shape index (κ2) is 7.40. The van der Waals surface area contributed by atoms with Gasteiger partial charge in [-0.05, 0) is 38.4 Å². The molecule has 2 fully saturated rings. The van der Waals surface area contributed by atoms with E-state index in [0.29, 0.717) is 48.4 Å². The van der Waals surface area contributed by atoms with Crippen LogP contribution in [0.25, 0.3) is 0 Å². The minimum absolute atomic E-state index is 0.0753. The largest absolute Gasteiger partial charge is 0.387 e. The second-order valence-electron chi connectivity index (χ2n) is 8.00. The Kier molecular flexibility index (Phi) is 5.24. The van der Waals surface area contributed by atoms with Crippen molar-refractivity contribution in [3.63, 3.8) is 0 Å². The SMILES string of the molecule is CN(C)C1CCN(C(=O)C2=NO[C@]3(CCN(S(=O)(=O)c4cccs4)C3)C2)CC1. The number of piperidine rings is 1. The van der Waals surface area contributed by atoms with Crippen molar-refractivity contribution in [3.05, 3.63) is 17.5 Å². The number of hydrogen-bond donors (Lipinski definition) is 0. The maximum absolute atomic E-state index is 12.9. The number of rotatable bonds is 4. The van der Waals surface area contributed by atoms with Gasteiger partial charge in [-0.3, -0.25) is 4.79 Å². The van der Waals surface area contributed by atoms with Gasteiger partial charge in [0.15, 0.2) is 5.60 Å². The Morgan fingerprint density at radius 3 is 2.71 bits per heavy atom. The fraction of sp³-hybridized carbons (Fsp3) is 0.667. The van der Waals surface area contributed by atoms with E-state index in [4.69, 9.17) is 4.84 Å². The quantitative estimate of drug-likeness (QED) is 0.723. The topological polar surface area (TPSA) is 82.5 Å². The van der Waals surface area contributed by atoms with Crippen LogP contribution in [-0.4, -0.2) is 86.1 Å². The van der Waals surface area contributed by atoms with Crippen LogP contribution in [0, 0.1) is 0 Å². The van der Waals surface area contributed by atoms with Crippen molar-refractivity contribution in [1.29, 1.82) is 0 Å². The summed E-state index contributed by atoms with van der Waals surface area (Å²) in [6, 6.07) is 3.85. The minimum Gasteiger partial charge on any atom is -0.387 e. The van der Waals surface area contributed by atoms with Gasteiger partial charge in [0.2, 0.25) is 0 Å². The Morgan fingerprint density at radius 2 is 2.07 bits per heavy atom. The summed E-state index contributed by atoms with van der Waals surface area (Å²) in [7, 11) is 0.622. The summed E-state index contributed by atoms with van der Waals surface area (Å²) in [6.07, 6.45) is 2.81. The van der Waals surface area contributed by atoms with Gasteiger partial charge in [0, 0.05) is 38.5 Å². The highest BCUT2D eigenvalue weighted by Crippen LogP contribution is 2.37. The van der Waals surface area contributed by atoms with E-state index in [1.165, 1.54) is 15.6 Å². The van der Waals surface area contributed by atoms with Gasteiger partial charge in [-0.15, -0.1) is 11.3 Å². The average Bonchev–Trinajstić information content (AvgIpc) is 3.43. The number of thiophene rings is 1. The molecule has 0 unspecified atom stereocenters. The van der Waals surface area contributed by atoms with Crippen LogP contribution in [-0.2, 0) is 19.7 Å². The van der Waals surface area contributed by atoms with Gasteiger partial charge in [-0.25, -0.2) is 8.42 Å². The predicted octanol–water partition coefficient (Wildman–Crippen LogP) is 1.21. The molecule has 28 heavy (non-hydrogen) atoms. The van der Waals surface area contributed by atoms with Gasteiger partial charge >= 0.3 is 0 Å². The molecule has 0 saturated carbocycles. The Hall–Kier alpha value is -1.49. The Bertz CT molecular complexity index is 860. The highest BCUT2D eigenvalue weighted by molar-refractivity contribution is 7.91. The van der Waals surface area contributed by atoms with E-state index in [0.717, 1.165) is 12.8 Å². The van der Waals surface area contributed by atoms with Crippen molar-refractivity contribution < 1.29 is 18.0 Å². The Labute approximate surface area is 169 Å². The van der Waals surface area contributed by atoms with Crippen LogP contribution >= 0.6 is 11.3 Å². The maximum Gasteiger partial charge on any atom is 0.271 e. The van der Waals surface area contributed by atoms with E-state index in [9.17, 15) is 13.2 Å². The van der Waals surface area contributed by atoms with Crippen LogP contribution < -0.4 is 0 Å². The third-order valence-electron chi connectivity index (χ3n) is 5.94. The fourth-order valence-corrected chi connectivity index (χ4v) is 6.83. The lowest BCUT2D eigenvalue weighted by Crippen LogP contribution is -2.47. The Balaban J connectivity index is 1.37. The summed E-state index contributed by atoms with van der Waals surface area (Å²) >= 11 is 1.21. The monoisotopic (exact) mass is 426 g/mol. The smallest absolute Gasteiger partial charge is 0.271 e. The number of carbonyl (C=O) groups excluding carboxylic acids is 1. The van der Waals surface area contributed by atoms with Gasteiger partial charge in [0.1, 0.15) is 9.92 Å². The molecule has 1 aromatic rings. The first-order valence-electron chi connectivity index (χ1n) is 9.55. The molecule has 3 aliphatic rings. The number of likely N-dealkylation sites (tertiary alicyclic amines) is 1. The highest BCUT2D eigenvalue weighted by atomic mass is 32.2. The zero-order valence-corrected chi connectivity index (χ0v) is 17.8. The molecule has 1 spiro atoms. The van der Waals surface area contributed by atoms with Crippen LogP contribution in [0.15, 0.2) is 26.9 Å². The third kappa shape index (κ3) is 3.58. The van der Waals surface area contributed by atoms with Crippen molar-refractivity contribution >= 4 is 33.0 Å². The molecule has 0 radical (unpaired) electrons. The van der Waals surface area contributed by atoms with Crippen molar-refractivity contribution in [1.82, 2.24) is 14.1 Å². The van der Waals surface area contributed by atoms with Gasteiger partial charge in [-0.1, -0.05) is 11.2 Å². The molecule has 0 bridgehead atoms. The second-order valence-corrected chi connectivity index (χ2v) is 11.1. The van der Waals surface area contributed by atoms with Crippen LogP contribution in [0.4, 0.5) is 0 Å². The first-order valence-corrected chi connectivity index (χ1v) is 11.9. The fourth-order valence-electron chi connectivity index (χ4n) is 4.17. The molecule has 2 saturated heterocycles. The zero-order chi connectivity index (χ0) is 19.9. The van der Waals surface area contributed by atoms with Gasteiger partial charge in [0.05, 0.1) is 6.54 Å². The van der Waals surface area contributed by atoms with E-state index < -0.39 is 15.6 Å². The molecule has 154 valence electrons. The van der Waals surface area contributed by atoms with E-state index in [1.807, 2.05) is 4.90 Å². The summed E-state index contributed by atoms with van der Waals surface area (Å²) in [5.74, 6) is -0.0753. The van der Waals surface area contributed by atoms with Crippen molar-refractivity contribution in [2.45, 2.75) is 41.5 Å². The van der Waals surface area contributed by atoms with Crippen molar-refractivity contribution in [2.24, 2.45) is 5.16 Å². The predicted molar refractivity (Wildman–Crippen MR) is 107 cm³/mol. The van der Waals surface area contributed by atoms with Crippen LogP contribution in [0.3, 0.4) is 0 Å². The highest BCUT2D eigenvalue weighted by Gasteiger charge is 2.50. The van der Waals surface area contributed by atoms with E-state index >= 15 is 0 Å². The summed E-state index contributed by atoms with van der Waals surface area (Å²) < 4.78 is 27.3. The molecule has 4 heterocycles. The summed E-state index contributed by atoms with van der Waals surface area (Å²) in [6.45, 7) is 2.04. The first-order chi connectivity index (χ1) is 13.3. The van der Waals surface area contributed by atoms with Gasteiger partial charge in [-0.2, -0.15) is 4.31 Å². The number of hydrogen-bond acceptors (Lipinski definition) is 7. The molecule has 8 nitrogen and oxygen atoms in total. The third-order valence-corrected chi connectivity index (χ3v) is 9.16. The number of oxime groups is 1. The molecule has 1 atom stereocenters. The van der Waals surface area contributed by atoms with E-state index in [-0.39, 0.29) is 12.5 Å². The molecule has 1 aromatic heterocycles. The lowest BCUT2D eigenvalue weighted by molar-refractivity contribution is -0.125. The van der Waals surface area contributed by atoms with Crippen LogP contribution in [0.2, 0.25) is 0 Å². The summed E-state index contributed by atoms with van der Waals surface area (Å²) in [4.78, 5) is 22.6. The Morgan fingerprint density at radius 1 is 1.32 bits per heavy atom. The molecule has 0 aliphatic carbocycles. The lowest BCUT2D eigenvalue weighted by atomic mass is 9.95. The van der Waals surface area contributed by atoms with Crippen LogP contribution in [0.1, 0.15) is 25.7 Å². The lowest BCUT2D eigenvalue weighted by Gasteiger charge is -2.35. The van der Waals surface area contributed by atoms with E-state index in [2.05, 4.69) is 24.2 Å². The van der Waals surface area contributed by atoms with Crippen LogP contribution in [0.5, 0.6) is 0 Å². The number of sulfonamides is 1. The molecule has 3 aliphatic heterocycles. The molecule has 10 heteroatoms. The summed E-state index contributed by atoms with van der Waals surface area (Å²) in [5.41, 5.74) is -0.296. The first kappa shape index (κ1) is 19.8. The van der Waals surface area contributed by atoms with Crippen molar-refractivity contribution in [2.75, 3.05) is 40.3 Å². The molecule has 0 N–H and O–H groups in total. The molecule has 1 amide bonds. The number of carbonyl (C=O) groups is 1. The van der Waals surface area contributed by atoms with Gasteiger partial charge in [0.25, 0.3) is 15.9 Å². The van der Waals surface area contributed by atoms with E-state index in [1.54, 1.807) is 17.5 Å². The molecule has 4 rings (SSSR count).